The van der Waals surface area contributed by atoms with Crippen molar-refractivity contribution < 1.29 is 18.3 Å². The molecule has 2 fully saturated rings. The molecule has 13 heteroatoms. The number of imidazole rings is 1. The number of nitrogens with zero attached hydrogens (tertiary/aromatic N) is 6. The minimum Gasteiger partial charge on any atom is -0.480 e. The molecular formula is C28H23ClF2N6O4. The van der Waals surface area contributed by atoms with Gasteiger partial charge in [0.15, 0.2) is 0 Å². The minimum atomic E-state index is -0.766. The lowest BCUT2D eigenvalue weighted by Crippen LogP contribution is -2.39. The summed E-state index contributed by atoms with van der Waals surface area (Å²) in [6.07, 6.45) is 4.54. The summed E-state index contributed by atoms with van der Waals surface area (Å²) in [5.41, 5.74) is -0.816. The Morgan fingerprint density at radius 2 is 1.95 bits per heavy atom. The topological polar surface area (TPSA) is 95.9 Å². The third-order valence-corrected chi connectivity index (χ3v) is 8.27. The lowest BCUT2D eigenvalue weighted by molar-refractivity contribution is 0.160. The van der Waals surface area contributed by atoms with Gasteiger partial charge >= 0.3 is 5.69 Å². The number of rotatable bonds is 4. The first-order valence-corrected chi connectivity index (χ1v) is 13.3. The summed E-state index contributed by atoms with van der Waals surface area (Å²) in [4.78, 5) is 39.3. The van der Waals surface area contributed by atoms with Crippen LogP contribution in [0.3, 0.4) is 0 Å². The van der Waals surface area contributed by atoms with Crippen LogP contribution in [0.25, 0.3) is 28.1 Å². The van der Waals surface area contributed by atoms with Gasteiger partial charge in [-0.25, -0.2) is 23.1 Å². The zero-order valence-corrected chi connectivity index (χ0v) is 22.6. The second kappa shape index (κ2) is 9.38. The molecule has 41 heavy (non-hydrogen) atoms. The molecule has 10 nitrogen and oxygen atoms in total. The average molecular weight is 581 g/mol. The van der Waals surface area contributed by atoms with Crippen LogP contribution in [0.2, 0.25) is 5.02 Å². The summed E-state index contributed by atoms with van der Waals surface area (Å²) >= 11 is 6.13. The number of pyridine rings is 2. The van der Waals surface area contributed by atoms with Crippen LogP contribution in [0.1, 0.15) is 12.8 Å². The van der Waals surface area contributed by atoms with Gasteiger partial charge in [0.1, 0.15) is 34.3 Å². The molecule has 0 bridgehead atoms. The number of methoxy groups -OCH3 is 1. The van der Waals surface area contributed by atoms with Gasteiger partial charge in [0.25, 0.3) is 5.56 Å². The molecule has 0 amide bonds. The number of hydrogen-bond donors (Lipinski definition) is 0. The van der Waals surface area contributed by atoms with E-state index < -0.39 is 22.9 Å². The van der Waals surface area contributed by atoms with Crippen LogP contribution in [0.5, 0.6) is 5.88 Å². The van der Waals surface area contributed by atoms with Gasteiger partial charge in [0.05, 0.1) is 36.1 Å². The molecule has 2 aliphatic heterocycles. The van der Waals surface area contributed by atoms with E-state index in [0.717, 1.165) is 23.5 Å². The van der Waals surface area contributed by atoms with Crippen LogP contribution in [0.4, 0.5) is 14.6 Å². The van der Waals surface area contributed by atoms with Crippen molar-refractivity contribution in [3.8, 4) is 17.4 Å². The molecule has 0 radical (unpaired) electrons. The van der Waals surface area contributed by atoms with E-state index in [1.807, 2.05) is 0 Å². The Bertz CT molecular complexity index is 1980. The van der Waals surface area contributed by atoms with Crippen LogP contribution in [0.15, 0.2) is 58.4 Å². The Labute approximate surface area is 235 Å². The smallest absolute Gasteiger partial charge is 0.342 e. The maximum absolute atomic E-state index is 14.2. The summed E-state index contributed by atoms with van der Waals surface area (Å²) in [7, 11) is 1.40. The molecule has 1 spiro atoms. The third kappa shape index (κ3) is 4.00. The monoisotopic (exact) mass is 580 g/mol. The maximum Gasteiger partial charge on any atom is 0.342 e. The first-order chi connectivity index (χ1) is 19.8. The van der Waals surface area contributed by atoms with Gasteiger partial charge in [0.2, 0.25) is 5.88 Å². The molecule has 0 aliphatic carbocycles. The fourth-order valence-corrected chi connectivity index (χ4v) is 6.05. The molecule has 1 unspecified atom stereocenters. The number of anilines is 1. The number of ether oxygens (including phenoxy) is 2. The third-order valence-electron chi connectivity index (χ3n) is 7.98. The van der Waals surface area contributed by atoms with Crippen LogP contribution < -0.4 is 20.9 Å². The van der Waals surface area contributed by atoms with Crippen molar-refractivity contribution in [3.05, 3.63) is 86.3 Å². The second-order valence-corrected chi connectivity index (χ2v) is 10.8. The predicted molar refractivity (Wildman–Crippen MR) is 148 cm³/mol. The summed E-state index contributed by atoms with van der Waals surface area (Å²) in [6, 6.07) is 7.89. The van der Waals surface area contributed by atoms with Crippen LogP contribution in [0, 0.1) is 17.0 Å². The van der Waals surface area contributed by atoms with Crippen molar-refractivity contribution in [1.29, 1.82) is 0 Å². The maximum atomic E-state index is 14.2. The SMILES string of the molecule is COc1nc(N2CCC3(CCOC3)C2)cc2c1c(=O)n(-c1cnc3cc(F)ccn13)c(=O)n2-c1ccc(F)c(Cl)c1. The molecule has 7 rings (SSSR count). The fraction of sp³-hybridized carbons (Fsp3) is 0.286. The van der Waals surface area contributed by atoms with E-state index >= 15 is 0 Å². The molecule has 5 aromatic rings. The van der Waals surface area contributed by atoms with Gasteiger partial charge < -0.3 is 14.4 Å². The van der Waals surface area contributed by atoms with E-state index in [2.05, 4.69) is 14.9 Å². The lowest BCUT2D eigenvalue weighted by atomic mass is 9.87. The molecule has 2 aliphatic rings. The van der Waals surface area contributed by atoms with Crippen molar-refractivity contribution in [1.82, 2.24) is 23.5 Å². The average Bonchev–Trinajstić information content (AvgIpc) is 3.71. The van der Waals surface area contributed by atoms with E-state index in [-0.39, 0.29) is 44.4 Å². The molecule has 0 N–H and O–H groups in total. The van der Waals surface area contributed by atoms with E-state index in [1.54, 1.807) is 6.07 Å². The van der Waals surface area contributed by atoms with E-state index in [4.69, 9.17) is 21.1 Å². The molecule has 6 heterocycles. The molecule has 0 saturated carbocycles. The van der Waals surface area contributed by atoms with Crippen LogP contribution in [-0.2, 0) is 4.74 Å². The summed E-state index contributed by atoms with van der Waals surface area (Å²) < 4.78 is 42.9. The molecule has 4 aromatic heterocycles. The second-order valence-electron chi connectivity index (χ2n) is 10.4. The Morgan fingerprint density at radius 3 is 2.71 bits per heavy atom. The molecule has 1 atom stereocenters. The molecule has 2 saturated heterocycles. The van der Waals surface area contributed by atoms with Crippen molar-refractivity contribution in [3.63, 3.8) is 0 Å². The van der Waals surface area contributed by atoms with Crippen molar-refractivity contribution in [2.24, 2.45) is 5.41 Å². The zero-order chi connectivity index (χ0) is 28.5. The Hall–Kier alpha value is -4.29. The van der Waals surface area contributed by atoms with Gasteiger partial charge in [-0.15, -0.1) is 0 Å². The quantitative estimate of drug-likeness (QED) is 0.320. The number of fused-ring (bicyclic) bond motifs is 2. The zero-order valence-electron chi connectivity index (χ0n) is 21.8. The Balaban J connectivity index is 1.53. The minimum absolute atomic E-state index is 0.0155. The highest BCUT2D eigenvalue weighted by atomic mass is 35.5. The summed E-state index contributed by atoms with van der Waals surface area (Å²) in [5.74, 6) is -0.563. The Morgan fingerprint density at radius 1 is 1.10 bits per heavy atom. The first kappa shape index (κ1) is 25.7. The fourth-order valence-electron chi connectivity index (χ4n) is 5.87. The van der Waals surface area contributed by atoms with Crippen molar-refractivity contribution >= 4 is 34.0 Å². The lowest BCUT2D eigenvalue weighted by Gasteiger charge is -2.24. The van der Waals surface area contributed by atoms with Crippen LogP contribution >= 0.6 is 11.6 Å². The van der Waals surface area contributed by atoms with Crippen molar-refractivity contribution in [2.45, 2.75) is 12.8 Å². The largest absolute Gasteiger partial charge is 0.480 e. The molecule has 1 aromatic carbocycles. The summed E-state index contributed by atoms with van der Waals surface area (Å²) in [6.45, 7) is 2.80. The van der Waals surface area contributed by atoms with Crippen LogP contribution in [-0.4, -0.2) is 56.9 Å². The Kier molecular flexibility index (Phi) is 5.87. The standard InChI is InChI=1S/C28H23ClF2N6O4/c1-40-25-24-20(12-22(33-25)34-8-5-28(14-34)6-9-41-15-28)36(17-2-3-19(31)18(29)11-17)27(39)37(26(24)38)23-13-32-21-10-16(30)4-7-35(21)23/h2-4,7,10-13H,5-6,8-9,14-15H2,1H3. The first-order valence-electron chi connectivity index (χ1n) is 13.0. The van der Waals surface area contributed by atoms with Gasteiger partial charge in [-0.2, -0.15) is 4.98 Å². The molecular weight excluding hydrogens is 558 g/mol. The normalized spacial score (nSPS) is 18.8. The number of benzene rings is 1. The highest BCUT2D eigenvalue weighted by Gasteiger charge is 2.42. The number of hydrogen-bond acceptors (Lipinski definition) is 7. The number of halogens is 3. The highest BCUT2D eigenvalue weighted by Crippen LogP contribution is 2.40. The molecule has 210 valence electrons. The van der Waals surface area contributed by atoms with E-state index in [9.17, 15) is 18.4 Å². The van der Waals surface area contributed by atoms with Crippen molar-refractivity contribution in [2.75, 3.05) is 38.3 Å². The predicted octanol–water partition coefficient (Wildman–Crippen LogP) is 3.74. The van der Waals surface area contributed by atoms with E-state index in [1.165, 1.54) is 52.7 Å². The highest BCUT2D eigenvalue weighted by molar-refractivity contribution is 6.30. The van der Waals surface area contributed by atoms with Gasteiger partial charge in [-0.05, 0) is 37.1 Å². The summed E-state index contributed by atoms with van der Waals surface area (Å²) in [5, 5.41) is -0.180. The number of aromatic nitrogens is 5. The van der Waals surface area contributed by atoms with Gasteiger partial charge in [-0.3, -0.25) is 13.8 Å². The van der Waals surface area contributed by atoms with E-state index in [0.29, 0.717) is 32.1 Å². The van der Waals surface area contributed by atoms with Gasteiger partial charge in [-0.1, -0.05) is 11.6 Å². The van der Waals surface area contributed by atoms with Gasteiger partial charge in [0, 0.05) is 43.4 Å².